The predicted octanol–water partition coefficient (Wildman–Crippen LogP) is 2.56. The second-order valence-corrected chi connectivity index (χ2v) is 8.03. The number of amides is 1. The Morgan fingerprint density at radius 2 is 2.08 bits per heavy atom. The SMILES string of the molecule is CNS(=O)(=O)c1cc(/C=C/C(=O)NC(C)c2cccs2)ccc1OC. The topological polar surface area (TPSA) is 84.5 Å². The molecule has 1 aromatic carbocycles. The maximum atomic E-state index is 12.1. The minimum atomic E-state index is -3.66. The summed E-state index contributed by atoms with van der Waals surface area (Å²) in [6.45, 7) is 1.91. The van der Waals surface area contributed by atoms with Gasteiger partial charge >= 0.3 is 0 Å². The van der Waals surface area contributed by atoms with Crippen molar-refractivity contribution >= 4 is 33.3 Å². The largest absolute Gasteiger partial charge is 0.495 e. The molecule has 6 nitrogen and oxygen atoms in total. The summed E-state index contributed by atoms with van der Waals surface area (Å²) in [4.78, 5) is 13.1. The van der Waals surface area contributed by atoms with Crippen LogP contribution in [-0.4, -0.2) is 28.5 Å². The standard InChI is InChI=1S/C17H20N2O4S2/c1-12(15-5-4-10-24-15)19-17(20)9-7-13-6-8-14(23-3)16(11-13)25(21,22)18-2/h4-12,18H,1-3H3,(H,19,20)/b9-7+. The lowest BCUT2D eigenvalue weighted by Gasteiger charge is -2.10. The number of methoxy groups -OCH3 is 1. The van der Waals surface area contributed by atoms with E-state index in [0.29, 0.717) is 5.56 Å². The zero-order valence-electron chi connectivity index (χ0n) is 14.1. The number of carbonyl (C=O) groups is 1. The molecule has 1 atom stereocenters. The van der Waals surface area contributed by atoms with Gasteiger partial charge in [0.25, 0.3) is 0 Å². The van der Waals surface area contributed by atoms with E-state index < -0.39 is 10.0 Å². The van der Waals surface area contributed by atoms with E-state index in [9.17, 15) is 13.2 Å². The Morgan fingerprint density at radius 3 is 2.68 bits per heavy atom. The highest BCUT2D eigenvalue weighted by Gasteiger charge is 2.17. The number of ether oxygens (including phenoxy) is 1. The molecule has 1 amide bonds. The van der Waals surface area contributed by atoms with Crippen LogP contribution in [0, 0.1) is 0 Å². The molecule has 0 spiro atoms. The molecule has 8 heteroatoms. The van der Waals surface area contributed by atoms with Crippen LogP contribution in [0.3, 0.4) is 0 Å². The highest BCUT2D eigenvalue weighted by molar-refractivity contribution is 7.89. The van der Waals surface area contributed by atoms with E-state index in [-0.39, 0.29) is 22.6 Å². The van der Waals surface area contributed by atoms with Gasteiger partial charge in [-0.2, -0.15) is 0 Å². The fourth-order valence-electron chi connectivity index (χ4n) is 2.16. The average Bonchev–Trinajstić information content (AvgIpc) is 3.14. The number of sulfonamides is 1. The van der Waals surface area contributed by atoms with E-state index in [0.717, 1.165) is 4.88 Å². The van der Waals surface area contributed by atoms with Crippen LogP contribution in [0.1, 0.15) is 23.4 Å². The molecule has 1 unspecified atom stereocenters. The van der Waals surface area contributed by atoms with Crippen LogP contribution in [-0.2, 0) is 14.8 Å². The molecule has 2 rings (SSSR count). The van der Waals surface area contributed by atoms with E-state index in [2.05, 4.69) is 10.0 Å². The molecule has 2 aromatic rings. The first kappa shape index (κ1) is 19.2. The van der Waals surface area contributed by atoms with Gasteiger partial charge in [-0.3, -0.25) is 4.79 Å². The lowest BCUT2D eigenvalue weighted by atomic mass is 10.2. The third kappa shape index (κ3) is 4.91. The van der Waals surface area contributed by atoms with Crippen molar-refractivity contribution in [2.45, 2.75) is 17.9 Å². The molecule has 0 saturated heterocycles. The second-order valence-electron chi connectivity index (χ2n) is 5.20. The minimum Gasteiger partial charge on any atom is -0.495 e. The number of nitrogens with one attached hydrogen (secondary N) is 2. The number of hydrogen-bond donors (Lipinski definition) is 2. The van der Waals surface area contributed by atoms with Crippen molar-refractivity contribution in [1.82, 2.24) is 10.0 Å². The fourth-order valence-corrected chi connectivity index (χ4v) is 3.82. The molecule has 0 aliphatic carbocycles. The zero-order valence-corrected chi connectivity index (χ0v) is 15.8. The van der Waals surface area contributed by atoms with Gasteiger partial charge in [-0.05, 0) is 49.2 Å². The van der Waals surface area contributed by atoms with Crippen LogP contribution >= 0.6 is 11.3 Å². The Morgan fingerprint density at radius 1 is 1.32 bits per heavy atom. The quantitative estimate of drug-likeness (QED) is 0.723. The maximum absolute atomic E-state index is 12.1. The molecule has 0 radical (unpaired) electrons. The molecule has 134 valence electrons. The third-order valence-corrected chi connectivity index (χ3v) is 5.99. The Bertz CT molecular complexity index is 859. The molecule has 1 heterocycles. The van der Waals surface area contributed by atoms with Gasteiger partial charge in [-0.25, -0.2) is 13.1 Å². The average molecular weight is 380 g/mol. The normalized spacial score (nSPS) is 12.9. The molecular weight excluding hydrogens is 360 g/mol. The number of hydrogen-bond acceptors (Lipinski definition) is 5. The summed E-state index contributed by atoms with van der Waals surface area (Å²) in [7, 11) is -0.927. The van der Waals surface area contributed by atoms with E-state index in [1.54, 1.807) is 29.5 Å². The predicted molar refractivity (Wildman–Crippen MR) is 99.2 cm³/mol. The van der Waals surface area contributed by atoms with Crippen molar-refractivity contribution in [3.63, 3.8) is 0 Å². The van der Waals surface area contributed by atoms with E-state index in [1.807, 2.05) is 24.4 Å². The van der Waals surface area contributed by atoms with Gasteiger partial charge in [0.1, 0.15) is 10.6 Å². The van der Waals surface area contributed by atoms with Gasteiger partial charge in [-0.15, -0.1) is 11.3 Å². The molecule has 25 heavy (non-hydrogen) atoms. The summed E-state index contributed by atoms with van der Waals surface area (Å²) in [5.41, 5.74) is 0.577. The molecule has 0 saturated carbocycles. The van der Waals surface area contributed by atoms with Gasteiger partial charge < -0.3 is 10.1 Å². The van der Waals surface area contributed by atoms with Crippen LogP contribution < -0.4 is 14.8 Å². The van der Waals surface area contributed by atoms with Crippen molar-refractivity contribution in [1.29, 1.82) is 0 Å². The number of rotatable bonds is 7. The monoisotopic (exact) mass is 380 g/mol. The van der Waals surface area contributed by atoms with Crippen LogP contribution in [0.2, 0.25) is 0 Å². The summed E-state index contributed by atoms with van der Waals surface area (Å²) in [6.07, 6.45) is 2.94. The fraction of sp³-hybridized carbons (Fsp3) is 0.235. The summed E-state index contributed by atoms with van der Waals surface area (Å²) < 4.78 is 31.5. The van der Waals surface area contributed by atoms with Gasteiger partial charge in [-0.1, -0.05) is 12.1 Å². The molecule has 2 N–H and O–H groups in total. The van der Waals surface area contributed by atoms with Crippen molar-refractivity contribution in [3.05, 3.63) is 52.2 Å². The van der Waals surface area contributed by atoms with Crippen LogP contribution in [0.4, 0.5) is 0 Å². The second kappa shape index (κ2) is 8.28. The molecule has 0 aliphatic rings. The first-order valence-corrected chi connectivity index (χ1v) is 9.87. The summed E-state index contributed by atoms with van der Waals surface area (Å²) in [5, 5.41) is 4.81. The zero-order chi connectivity index (χ0) is 18.4. The van der Waals surface area contributed by atoms with Crippen LogP contribution in [0.25, 0.3) is 6.08 Å². The Balaban J connectivity index is 2.15. The maximum Gasteiger partial charge on any atom is 0.244 e. The van der Waals surface area contributed by atoms with Crippen molar-refractivity contribution in [2.24, 2.45) is 0 Å². The third-order valence-electron chi connectivity index (χ3n) is 3.50. The number of thiophene rings is 1. The van der Waals surface area contributed by atoms with Gasteiger partial charge in [0.05, 0.1) is 13.2 Å². The molecule has 0 bridgehead atoms. The van der Waals surface area contributed by atoms with E-state index >= 15 is 0 Å². The summed E-state index contributed by atoms with van der Waals surface area (Å²) >= 11 is 1.57. The first-order valence-electron chi connectivity index (χ1n) is 7.51. The highest BCUT2D eigenvalue weighted by Crippen LogP contribution is 2.25. The van der Waals surface area contributed by atoms with Crippen LogP contribution in [0.5, 0.6) is 5.75 Å². The van der Waals surface area contributed by atoms with Crippen LogP contribution in [0.15, 0.2) is 46.7 Å². The highest BCUT2D eigenvalue weighted by atomic mass is 32.2. The number of carbonyl (C=O) groups excluding carboxylic acids is 1. The minimum absolute atomic E-state index is 0.0204. The molecular formula is C17H20N2O4S2. The Kier molecular flexibility index (Phi) is 6.35. The summed E-state index contributed by atoms with van der Waals surface area (Å²) in [6, 6.07) is 8.48. The van der Waals surface area contributed by atoms with Crippen molar-refractivity contribution in [2.75, 3.05) is 14.2 Å². The Labute approximate surface area is 151 Å². The first-order chi connectivity index (χ1) is 11.9. The van der Waals surface area contributed by atoms with Crippen molar-refractivity contribution < 1.29 is 17.9 Å². The molecule has 1 aromatic heterocycles. The summed E-state index contributed by atoms with van der Waals surface area (Å²) in [5.74, 6) is -0.0167. The van der Waals surface area contributed by atoms with Gasteiger partial charge in [0.15, 0.2) is 0 Å². The lowest BCUT2D eigenvalue weighted by Crippen LogP contribution is -2.23. The number of benzene rings is 1. The van der Waals surface area contributed by atoms with E-state index in [4.69, 9.17) is 4.74 Å². The van der Waals surface area contributed by atoms with Gasteiger partial charge in [0, 0.05) is 11.0 Å². The van der Waals surface area contributed by atoms with E-state index in [1.165, 1.54) is 26.3 Å². The van der Waals surface area contributed by atoms with Crippen molar-refractivity contribution in [3.8, 4) is 5.75 Å². The molecule has 0 fully saturated rings. The van der Waals surface area contributed by atoms with Gasteiger partial charge in [0.2, 0.25) is 15.9 Å². The molecule has 0 aliphatic heterocycles. The Hall–Kier alpha value is -2.16. The smallest absolute Gasteiger partial charge is 0.244 e. The lowest BCUT2D eigenvalue weighted by molar-refractivity contribution is -0.117.